The smallest absolute Gasteiger partial charge is 0.191 e. The van der Waals surface area contributed by atoms with Crippen LogP contribution in [0.1, 0.15) is 36.8 Å². The Morgan fingerprint density at radius 3 is 2.55 bits per heavy atom. The van der Waals surface area contributed by atoms with Gasteiger partial charge >= 0.3 is 0 Å². The first-order valence-corrected chi connectivity index (χ1v) is 7.36. The van der Waals surface area contributed by atoms with E-state index in [1.807, 2.05) is 0 Å². The summed E-state index contributed by atoms with van der Waals surface area (Å²) < 4.78 is 0. The predicted octanol–water partition coefficient (Wildman–Crippen LogP) is 3.35. The highest BCUT2D eigenvalue weighted by atomic mass is 127. The molecule has 0 atom stereocenters. The average molecular weight is 387 g/mol. The Hall–Kier alpha value is -0.780. The molecule has 0 spiro atoms. The molecule has 0 amide bonds. The van der Waals surface area contributed by atoms with Crippen molar-refractivity contribution in [3.63, 3.8) is 0 Å². The third kappa shape index (κ3) is 5.69. The highest BCUT2D eigenvalue weighted by Gasteiger charge is 2.10. The van der Waals surface area contributed by atoms with Crippen LogP contribution in [0.15, 0.2) is 29.3 Å². The first kappa shape index (κ1) is 17.3. The molecule has 1 aliphatic rings. The number of hydrogen-bond donors (Lipinski definition) is 1. The summed E-state index contributed by atoms with van der Waals surface area (Å²) in [6, 6.07) is 8.60. The molecule has 2 N–H and O–H groups in total. The van der Waals surface area contributed by atoms with Crippen molar-refractivity contribution in [3.05, 3.63) is 35.4 Å². The standard InChI is InChI=1S/C16H25N3.HI/c1-14-7-6-8-15(13-14)9-10-18-16(17)19-11-4-2-3-5-12-19;/h6-8,13H,2-5,9-12H2,1H3,(H2,17,18);1H. The van der Waals surface area contributed by atoms with Crippen LogP contribution in [0.5, 0.6) is 0 Å². The van der Waals surface area contributed by atoms with Crippen LogP contribution in [-0.2, 0) is 6.42 Å². The van der Waals surface area contributed by atoms with E-state index in [2.05, 4.69) is 41.1 Å². The molecule has 0 aliphatic carbocycles. The minimum atomic E-state index is 0. The van der Waals surface area contributed by atoms with Gasteiger partial charge in [0.1, 0.15) is 0 Å². The second-order valence-corrected chi connectivity index (χ2v) is 5.38. The van der Waals surface area contributed by atoms with Crippen LogP contribution < -0.4 is 5.73 Å². The molecule has 20 heavy (non-hydrogen) atoms. The molecule has 0 unspecified atom stereocenters. The monoisotopic (exact) mass is 387 g/mol. The molecule has 0 saturated carbocycles. The Kier molecular flexibility index (Phi) is 7.95. The van der Waals surface area contributed by atoms with Crippen molar-refractivity contribution in [1.29, 1.82) is 0 Å². The molecule has 1 heterocycles. The first-order chi connectivity index (χ1) is 9.25. The van der Waals surface area contributed by atoms with E-state index in [9.17, 15) is 0 Å². The third-order valence-corrected chi connectivity index (χ3v) is 3.69. The Morgan fingerprint density at radius 1 is 1.20 bits per heavy atom. The van der Waals surface area contributed by atoms with E-state index in [1.54, 1.807) is 0 Å². The van der Waals surface area contributed by atoms with E-state index in [0.717, 1.165) is 32.0 Å². The number of hydrogen-bond acceptors (Lipinski definition) is 1. The van der Waals surface area contributed by atoms with Crippen molar-refractivity contribution in [2.75, 3.05) is 19.6 Å². The number of rotatable bonds is 3. The number of nitrogens with zero attached hydrogens (tertiary/aromatic N) is 2. The average Bonchev–Trinajstić information content (AvgIpc) is 2.67. The van der Waals surface area contributed by atoms with Gasteiger partial charge in [-0.3, -0.25) is 4.99 Å². The zero-order valence-corrected chi connectivity index (χ0v) is 14.7. The van der Waals surface area contributed by atoms with Gasteiger partial charge in [-0.2, -0.15) is 0 Å². The molecule has 4 heteroatoms. The molecule has 112 valence electrons. The van der Waals surface area contributed by atoms with Gasteiger partial charge in [-0.15, -0.1) is 24.0 Å². The van der Waals surface area contributed by atoms with Crippen LogP contribution in [0.25, 0.3) is 0 Å². The minimum Gasteiger partial charge on any atom is -0.370 e. The van der Waals surface area contributed by atoms with Crippen molar-refractivity contribution in [3.8, 4) is 0 Å². The Morgan fingerprint density at radius 2 is 1.90 bits per heavy atom. The summed E-state index contributed by atoms with van der Waals surface area (Å²) in [6.07, 6.45) is 6.11. The molecule has 1 fully saturated rings. The Balaban J connectivity index is 0.00000200. The largest absolute Gasteiger partial charge is 0.370 e. The SMILES string of the molecule is Cc1cccc(CCN=C(N)N2CCCCCC2)c1.I. The zero-order valence-electron chi connectivity index (χ0n) is 12.3. The molecule has 2 rings (SSSR count). The molecule has 1 aromatic carbocycles. The van der Waals surface area contributed by atoms with Gasteiger partial charge in [-0.05, 0) is 31.7 Å². The van der Waals surface area contributed by atoms with Gasteiger partial charge in [-0.25, -0.2) is 0 Å². The fourth-order valence-electron chi connectivity index (χ4n) is 2.57. The van der Waals surface area contributed by atoms with E-state index in [-0.39, 0.29) is 24.0 Å². The first-order valence-electron chi connectivity index (χ1n) is 7.36. The highest BCUT2D eigenvalue weighted by molar-refractivity contribution is 14.0. The van der Waals surface area contributed by atoms with E-state index in [4.69, 9.17) is 5.73 Å². The Bertz CT molecular complexity index is 423. The quantitative estimate of drug-likeness (QED) is 0.491. The summed E-state index contributed by atoms with van der Waals surface area (Å²) in [7, 11) is 0. The predicted molar refractivity (Wildman–Crippen MR) is 96.8 cm³/mol. The number of halogens is 1. The van der Waals surface area contributed by atoms with E-state index in [0.29, 0.717) is 0 Å². The number of aryl methyl sites for hydroxylation is 1. The van der Waals surface area contributed by atoms with Crippen molar-refractivity contribution < 1.29 is 0 Å². The van der Waals surface area contributed by atoms with Gasteiger partial charge in [-0.1, -0.05) is 42.7 Å². The van der Waals surface area contributed by atoms with Crippen molar-refractivity contribution >= 4 is 29.9 Å². The normalized spacial score (nSPS) is 16.4. The van der Waals surface area contributed by atoms with Gasteiger partial charge in [0.25, 0.3) is 0 Å². The third-order valence-electron chi connectivity index (χ3n) is 3.69. The van der Waals surface area contributed by atoms with Gasteiger partial charge in [0.05, 0.1) is 0 Å². The number of likely N-dealkylation sites (tertiary alicyclic amines) is 1. The second kappa shape index (κ2) is 9.21. The van der Waals surface area contributed by atoms with Gasteiger partial charge in [0.2, 0.25) is 0 Å². The molecule has 3 nitrogen and oxygen atoms in total. The summed E-state index contributed by atoms with van der Waals surface area (Å²) >= 11 is 0. The van der Waals surface area contributed by atoms with E-state index >= 15 is 0 Å². The number of benzene rings is 1. The Labute approximate surface area is 139 Å². The van der Waals surface area contributed by atoms with Crippen LogP contribution in [0.2, 0.25) is 0 Å². The van der Waals surface area contributed by atoms with Gasteiger partial charge in [0, 0.05) is 19.6 Å². The molecular formula is C16H26IN3. The number of nitrogens with two attached hydrogens (primary N) is 1. The lowest BCUT2D eigenvalue weighted by Crippen LogP contribution is -2.38. The lowest BCUT2D eigenvalue weighted by atomic mass is 10.1. The van der Waals surface area contributed by atoms with Crippen LogP contribution in [-0.4, -0.2) is 30.5 Å². The van der Waals surface area contributed by atoms with Crippen molar-refractivity contribution in [1.82, 2.24) is 4.90 Å². The zero-order chi connectivity index (χ0) is 13.5. The molecular weight excluding hydrogens is 361 g/mol. The van der Waals surface area contributed by atoms with Crippen molar-refractivity contribution in [2.45, 2.75) is 39.0 Å². The molecule has 1 aromatic rings. The van der Waals surface area contributed by atoms with Crippen LogP contribution in [0, 0.1) is 6.92 Å². The van der Waals surface area contributed by atoms with Crippen LogP contribution in [0.3, 0.4) is 0 Å². The summed E-state index contributed by atoms with van der Waals surface area (Å²) in [5, 5.41) is 0. The van der Waals surface area contributed by atoms with Gasteiger partial charge < -0.3 is 10.6 Å². The lowest BCUT2D eigenvalue weighted by molar-refractivity contribution is 0.428. The molecule has 0 bridgehead atoms. The second-order valence-electron chi connectivity index (χ2n) is 5.38. The fourth-order valence-corrected chi connectivity index (χ4v) is 2.57. The maximum absolute atomic E-state index is 6.09. The molecule has 0 aromatic heterocycles. The lowest BCUT2D eigenvalue weighted by Gasteiger charge is -2.21. The number of aliphatic imine (C=N–C) groups is 1. The molecule has 1 saturated heterocycles. The fraction of sp³-hybridized carbons (Fsp3) is 0.562. The summed E-state index contributed by atoms with van der Waals surface area (Å²) in [4.78, 5) is 6.77. The summed E-state index contributed by atoms with van der Waals surface area (Å²) in [6.45, 7) is 5.05. The van der Waals surface area contributed by atoms with Crippen LogP contribution in [0.4, 0.5) is 0 Å². The minimum absolute atomic E-state index is 0. The van der Waals surface area contributed by atoms with E-state index < -0.39 is 0 Å². The summed E-state index contributed by atoms with van der Waals surface area (Å²) in [5.74, 6) is 0.731. The van der Waals surface area contributed by atoms with Gasteiger partial charge in [0.15, 0.2) is 5.96 Å². The van der Waals surface area contributed by atoms with Crippen LogP contribution >= 0.6 is 24.0 Å². The maximum Gasteiger partial charge on any atom is 0.191 e. The summed E-state index contributed by atoms with van der Waals surface area (Å²) in [5.41, 5.74) is 8.74. The highest BCUT2D eigenvalue weighted by Crippen LogP contribution is 2.09. The maximum atomic E-state index is 6.09. The van der Waals surface area contributed by atoms with Crippen molar-refractivity contribution in [2.24, 2.45) is 10.7 Å². The topological polar surface area (TPSA) is 41.6 Å². The molecule has 1 aliphatic heterocycles. The number of guanidine groups is 1. The molecule has 0 radical (unpaired) electrons. The van der Waals surface area contributed by atoms with E-state index in [1.165, 1.54) is 36.8 Å².